The second kappa shape index (κ2) is 6.52. The van der Waals surface area contributed by atoms with Crippen LogP contribution in [-0.2, 0) is 7.05 Å². The molecule has 0 aliphatic carbocycles. The van der Waals surface area contributed by atoms with Crippen LogP contribution in [0.3, 0.4) is 0 Å². The largest absolute Gasteiger partial charge is 0.468 e. The fraction of sp³-hybridized carbons (Fsp3) is 0.167. The third-order valence-corrected chi connectivity index (χ3v) is 4.20. The standard InChI is InChI=1S/C18H16N6O3/c1-10(11-6-4-3-5-7-11)27-17-12-8-14(21-22-15(12)24(2)23-17)13-9-19-18(26)20-16(13)25/h3-10H,1-2H3,(H2,19,20,25,26). The van der Waals surface area contributed by atoms with Crippen LogP contribution >= 0.6 is 0 Å². The van der Waals surface area contributed by atoms with Crippen molar-refractivity contribution >= 4 is 11.0 Å². The van der Waals surface area contributed by atoms with Gasteiger partial charge in [-0.2, -0.15) is 0 Å². The Morgan fingerprint density at radius 2 is 1.93 bits per heavy atom. The van der Waals surface area contributed by atoms with E-state index in [4.69, 9.17) is 4.74 Å². The van der Waals surface area contributed by atoms with Gasteiger partial charge < -0.3 is 9.72 Å². The minimum absolute atomic E-state index is 0.204. The summed E-state index contributed by atoms with van der Waals surface area (Å²) in [6.45, 7) is 1.93. The maximum Gasteiger partial charge on any atom is 0.325 e. The summed E-state index contributed by atoms with van der Waals surface area (Å²) in [6, 6.07) is 11.4. The molecule has 0 saturated carbocycles. The Morgan fingerprint density at radius 3 is 2.67 bits per heavy atom. The average Bonchev–Trinajstić information content (AvgIpc) is 2.97. The summed E-state index contributed by atoms with van der Waals surface area (Å²) in [5.74, 6) is 0.390. The molecule has 4 rings (SSSR count). The molecule has 136 valence electrons. The number of ether oxygens (including phenoxy) is 1. The summed E-state index contributed by atoms with van der Waals surface area (Å²) < 4.78 is 7.60. The lowest BCUT2D eigenvalue weighted by Crippen LogP contribution is -2.22. The third kappa shape index (κ3) is 3.10. The minimum atomic E-state index is -0.583. The molecular formula is C18H16N6O3. The molecule has 3 heterocycles. The van der Waals surface area contributed by atoms with Gasteiger partial charge in [-0.15, -0.1) is 15.3 Å². The van der Waals surface area contributed by atoms with Gasteiger partial charge in [0.1, 0.15) is 11.8 Å². The Labute approximate surface area is 152 Å². The zero-order valence-corrected chi connectivity index (χ0v) is 14.6. The van der Waals surface area contributed by atoms with E-state index >= 15 is 0 Å². The van der Waals surface area contributed by atoms with Crippen LogP contribution in [0.2, 0.25) is 0 Å². The second-order valence-electron chi connectivity index (χ2n) is 6.05. The number of rotatable bonds is 4. The first-order valence-electron chi connectivity index (χ1n) is 8.27. The molecule has 0 aliphatic rings. The molecule has 9 nitrogen and oxygen atoms in total. The minimum Gasteiger partial charge on any atom is -0.468 e. The van der Waals surface area contributed by atoms with Gasteiger partial charge in [-0.1, -0.05) is 30.3 Å². The fourth-order valence-corrected chi connectivity index (χ4v) is 2.80. The van der Waals surface area contributed by atoms with Crippen LogP contribution in [0.5, 0.6) is 5.88 Å². The predicted molar refractivity (Wildman–Crippen MR) is 98.5 cm³/mol. The monoisotopic (exact) mass is 364 g/mol. The van der Waals surface area contributed by atoms with Gasteiger partial charge in [0, 0.05) is 13.2 Å². The zero-order valence-electron chi connectivity index (χ0n) is 14.6. The van der Waals surface area contributed by atoms with E-state index < -0.39 is 11.2 Å². The second-order valence-corrected chi connectivity index (χ2v) is 6.05. The summed E-state index contributed by atoms with van der Waals surface area (Å²) in [7, 11) is 1.74. The van der Waals surface area contributed by atoms with Gasteiger partial charge in [-0.3, -0.25) is 9.78 Å². The Kier molecular flexibility index (Phi) is 4.03. The van der Waals surface area contributed by atoms with Crippen molar-refractivity contribution in [2.24, 2.45) is 7.05 Å². The number of aromatic amines is 2. The van der Waals surface area contributed by atoms with Crippen LogP contribution in [0.4, 0.5) is 0 Å². The van der Waals surface area contributed by atoms with Crippen molar-refractivity contribution in [2.75, 3.05) is 0 Å². The first kappa shape index (κ1) is 16.7. The van der Waals surface area contributed by atoms with Crippen LogP contribution < -0.4 is 16.0 Å². The number of nitrogens with one attached hydrogen (secondary N) is 2. The maximum atomic E-state index is 12.0. The molecule has 0 radical (unpaired) electrons. The van der Waals surface area contributed by atoms with Crippen molar-refractivity contribution in [3.05, 3.63) is 69.0 Å². The molecule has 1 unspecified atom stereocenters. The van der Waals surface area contributed by atoms with E-state index in [1.54, 1.807) is 17.8 Å². The van der Waals surface area contributed by atoms with Crippen LogP contribution in [0.1, 0.15) is 18.6 Å². The Balaban J connectivity index is 1.78. The SMILES string of the molecule is CC(Oc1nn(C)c2nnc(-c3c[nH]c(=O)[nH]c3=O)cc12)c1ccccc1. The van der Waals surface area contributed by atoms with Crippen molar-refractivity contribution in [1.82, 2.24) is 29.9 Å². The van der Waals surface area contributed by atoms with E-state index in [0.29, 0.717) is 22.6 Å². The maximum absolute atomic E-state index is 12.0. The van der Waals surface area contributed by atoms with Gasteiger partial charge in [0.25, 0.3) is 5.56 Å². The number of fused-ring (bicyclic) bond motifs is 1. The molecule has 3 aromatic heterocycles. The first-order chi connectivity index (χ1) is 13.0. The molecule has 0 bridgehead atoms. The van der Waals surface area contributed by atoms with Gasteiger partial charge in [-0.05, 0) is 18.6 Å². The van der Waals surface area contributed by atoms with Crippen molar-refractivity contribution in [3.63, 3.8) is 0 Å². The molecule has 4 aromatic rings. The van der Waals surface area contributed by atoms with E-state index in [0.717, 1.165) is 5.56 Å². The predicted octanol–water partition coefficient (Wildman–Crippen LogP) is 1.55. The number of aryl methyl sites for hydroxylation is 1. The molecule has 2 N–H and O–H groups in total. The highest BCUT2D eigenvalue weighted by atomic mass is 16.5. The Bertz CT molecular complexity index is 1230. The van der Waals surface area contributed by atoms with Crippen LogP contribution in [-0.4, -0.2) is 29.9 Å². The number of nitrogens with zero attached hydrogens (tertiary/aromatic N) is 4. The van der Waals surface area contributed by atoms with Crippen LogP contribution in [0, 0.1) is 0 Å². The van der Waals surface area contributed by atoms with Crippen LogP contribution in [0.15, 0.2) is 52.2 Å². The summed E-state index contributed by atoms with van der Waals surface area (Å²) in [6.07, 6.45) is 1.08. The molecule has 9 heteroatoms. The summed E-state index contributed by atoms with van der Waals surface area (Å²) >= 11 is 0. The summed E-state index contributed by atoms with van der Waals surface area (Å²) in [4.78, 5) is 27.9. The lowest BCUT2D eigenvalue weighted by atomic mass is 10.1. The summed E-state index contributed by atoms with van der Waals surface area (Å²) in [5, 5.41) is 13.2. The van der Waals surface area contributed by atoms with Gasteiger partial charge in [0.05, 0.1) is 10.9 Å². The molecule has 0 fully saturated rings. The number of hydrogen-bond acceptors (Lipinski definition) is 6. The summed E-state index contributed by atoms with van der Waals surface area (Å²) in [5.41, 5.74) is 0.918. The van der Waals surface area contributed by atoms with Crippen molar-refractivity contribution in [2.45, 2.75) is 13.0 Å². The van der Waals surface area contributed by atoms with E-state index in [2.05, 4.69) is 25.3 Å². The number of aromatic nitrogens is 6. The highest BCUT2D eigenvalue weighted by Gasteiger charge is 2.17. The highest BCUT2D eigenvalue weighted by molar-refractivity contribution is 5.84. The Hall–Kier alpha value is -3.75. The third-order valence-electron chi connectivity index (χ3n) is 4.20. The van der Waals surface area contributed by atoms with Gasteiger partial charge in [-0.25, -0.2) is 9.48 Å². The molecule has 1 atom stereocenters. The molecular weight excluding hydrogens is 348 g/mol. The lowest BCUT2D eigenvalue weighted by molar-refractivity contribution is 0.218. The number of benzene rings is 1. The van der Waals surface area contributed by atoms with Gasteiger partial charge in [0.15, 0.2) is 5.65 Å². The van der Waals surface area contributed by atoms with Crippen molar-refractivity contribution in [3.8, 4) is 17.1 Å². The zero-order chi connectivity index (χ0) is 19.0. The Morgan fingerprint density at radius 1 is 1.15 bits per heavy atom. The van der Waals surface area contributed by atoms with E-state index in [1.165, 1.54) is 6.20 Å². The molecule has 0 saturated heterocycles. The normalized spacial score (nSPS) is 12.2. The number of H-pyrrole nitrogens is 2. The van der Waals surface area contributed by atoms with E-state index in [1.807, 2.05) is 37.3 Å². The smallest absolute Gasteiger partial charge is 0.325 e. The first-order valence-corrected chi connectivity index (χ1v) is 8.27. The average molecular weight is 364 g/mol. The van der Waals surface area contributed by atoms with E-state index in [9.17, 15) is 9.59 Å². The molecule has 1 aromatic carbocycles. The fourth-order valence-electron chi connectivity index (χ4n) is 2.80. The molecule has 0 amide bonds. The van der Waals surface area contributed by atoms with Crippen LogP contribution in [0.25, 0.3) is 22.3 Å². The quantitative estimate of drug-likeness (QED) is 0.567. The molecule has 0 spiro atoms. The van der Waals surface area contributed by atoms with Gasteiger partial charge >= 0.3 is 5.69 Å². The lowest BCUT2D eigenvalue weighted by Gasteiger charge is -2.13. The molecule has 27 heavy (non-hydrogen) atoms. The van der Waals surface area contributed by atoms with Crippen molar-refractivity contribution in [1.29, 1.82) is 0 Å². The van der Waals surface area contributed by atoms with E-state index in [-0.39, 0.29) is 11.7 Å². The van der Waals surface area contributed by atoms with Gasteiger partial charge in [0.2, 0.25) is 5.88 Å². The topological polar surface area (TPSA) is 119 Å². The number of hydrogen-bond donors (Lipinski definition) is 2. The van der Waals surface area contributed by atoms with Crippen molar-refractivity contribution < 1.29 is 4.74 Å². The molecule has 0 aliphatic heterocycles. The highest BCUT2D eigenvalue weighted by Crippen LogP contribution is 2.29.